The number of rotatable bonds is 3. The van der Waals surface area contributed by atoms with Gasteiger partial charge in [-0.2, -0.15) is 18.2 Å². The summed E-state index contributed by atoms with van der Waals surface area (Å²) in [4.78, 5) is 2.58. The summed E-state index contributed by atoms with van der Waals surface area (Å²) in [5, 5.41) is 4.63. The van der Waals surface area contributed by atoms with Gasteiger partial charge in [0.2, 0.25) is 5.82 Å². The molecule has 2 N–H and O–H groups in total. The number of alkyl halides is 3. The van der Waals surface area contributed by atoms with Crippen LogP contribution in [0.2, 0.25) is 10.0 Å². The van der Waals surface area contributed by atoms with Crippen LogP contribution in [0.25, 0.3) is 0 Å². The van der Waals surface area contributed by atoms with Crippen LogP contribution >= 0.6 is 23.2 Å². The van der Waals surface area contributed by atoms with Crippen molar-refractivity contribution in [1.82, 2.24) is 15.2 Å². The molecule has 1 heterocycles. The second-order valence-electron chi connectivity index (χ2n) is 3.69. The Bertz CT molecular complexity index is 776. The van der Waals surface area contributed by atoms with Gasteiger partial charge in [-0.05, 0) is 18.2 Å². The van der Waals surface area contributed by atoms with Gasteiger partial charge in [0.15, 0.2) is 0 Å². The maximum Gasteiger partial charge on any atom is 0.451 e. The molecule has 114 valence electrons. The predicted molar refractivity (Wildman–Crippen MR) is 68.7 cm³/mol. The zero-order valence-corrected chi connectivity index (χ0v) is 12.1. The standard InChI is InChI=1S/C9H5Cl2F3N4O2S/c10-4-1-2-5(11)6(3-4)21(19,20)18-8-15-7(16-17-8)9(12,13)14/h1-3H,(H2,15,16,17,18). The topological polar surface area (TPSA) is 87.7 Å². The molecule has 0 bridgehead atoms. The normalized spacial score (nSPS) is 12.4. The summed E-state index contributed by atoms with van der Waals surface area (Å²) in [5.74, 6) is -2.20. The van der Waals surface area contributed by atoms with Crippen molar-refractivity contribution in [3.05, 3.63) is 34.1 Å². The van der Waals surface area contributed by atoms with Crippen LogP contribution in [-0.4, -0.2) is 23.6 Å². The summed E-state index contributed by atoms with van der Waals surface area (Å²) in [5.41, 5.74) is 0. The second-order valence-corrected chi connectivity index (χ2v) is 6.18. The highest BCUT2D eigenvalue weighted by Crippen LogP contribution is 2.28. The summed E-state index contributed by atoms with van der Waals surface area (Å²) in [6.45, 7) is 0. The van der Waals surface area contributed by atoms with Crippen molar-refractivity contribution in [2.45, 2.75) is 11.1 Å². The van der Waals surface area contributed by atoms with Crippen molar-refractivity contribution in [2.75, 3.05) is 4.72 Å². The van der Waals surface area contributed by atoms with Crippen LogP contribution in [0, 0.1) is 0 Å². The molecule has 1 aromatic carbocycles. The Hall–Kier alpha value is -1.52. The molecule has 0 fully saturated rings. The summed E-state index contributed by atoms with van der Waals surface area (Å²) < 4.78 is 62.8. The van der Waals surface area contributed by atoms with Gasteiger partial charge in [-0.1, -0.05) is 23.2 Å². The minimum absolute atomic E-state index is 0.0887. The molecule has 6 nitrogen and oxygen atoms in total. The Labute approximate surface area is 126 Å². The third kappa shape index (κ3) is 3.57. The van der Waals surface area contributed by atoms with E-state index in [9.17, 15) is 21.6 Å². The van der Waals surface area contributed by atoms with Crippen LogP contribution in [0.15, 0.2) is 23.1 Å². The van der Waals surface area contributed by atoms with Gasteiger partial charge in [-0.25, -0.2) is 13.1 Å². The lowest BCUT2D eigenvalue weighted by Crippen LogP contribution is -2.15. The van der Waals surface area contributed by atoms with Gasteiger partial charge in [-0.15, -0.1) is 5.10 Å². The zero-order valence-electron chi connectivity index (χ0n) is 9.74. The highest BCUT2D eigenvalue weighted by Gasteiger charge is 2.35. The van der Waals surface area contributed by atoms with Crippen LogP contribution < -0.4 is 4.72 Å². The molecule has 0 saturated carbocycles. The summed E-state index contributed by atoms with van der Waals surface area (Å²) in [7, 11) is -4.28. The van der Waals surface area contributed by atoms with Crippen LogP contribution in [0.5, 0.6) is 0 Å². The molecule has 0 aliphatic heterocycles. The smallest absolute Gasteiger partial charge is 0.253 e. The lowest BCUT2D eigenvalue weighted by Gasteiger charge is -2.06. The van der Waals surface area contributed by atoms with E-state index >= 15 is 0 Å². The average molecular weight is 361 g/mol. The Balaban J connectivity index is 2.34. The number of sulfonamides is 1. The molecular formula is C9H5Cl2F3N4O2S. The number of benzene rings is 1. The van der Waals surface area contributed by atoms with E-state index in [1.54, 1.807) is 9.82 Å². The molecule has 2 rings (SSSR count). The lowest BCUT2D eigenvalue weighted by molar-refractivity contribution is -0.144. The van der Waals surface area contributed by atoms with E-state index in [1.807, 2.05) is 0 Å². The summed E-state index contributed by atoms with van der Waals surface area (Å²) in [6, 6.07) is 3.64. The minimum atomic E-state index is -4.77. The first kappa shape index (κ1) is 15.9. The van der Waals surface area contributed by atoms with E-state index in [0.717, 1.165) is 6.07 Å². The molecule has 0 saturated heterocycles. The van der Waals surface area contributed by atoms with Crippen molar-refractivity contribution in [3.63, 3.8) is 0 Å². The highest BCUT2D eigenvalue weighted by molar-refractivity contribution is 7.92. The first-order chi connectivity index (χ1) is 9.59. The van der Waals surface area contributed by atoms with Crippen LogP contribution in [-0.2, 0) is 16.2 Å². The second kappa shape index (κ2) is 5.35. The first-order valence-electron chi connectivity index (χ1n) is 5.07. The average Bonchev–Trinajstić information content (AvgIpc) is 2.79. The maximum absolute atomic E-state index is 12.3. The highest BCUT2D eigenvalue weighted by atomic mass is 35.5. The van der Waals surface area contributed by atoms with Crippen LogP contribution in [0.1, 0.15) is 5.82 Å². The number of aromatic amines is 1. The summed E-state index contributed by atoms with van der Waals surface area (Å²) in [6.07, 6.45) is -4.77. The van der Waals surface area contributed by atoms with Crippen molar-refractivity contribution in [3.8, 4) is 0 Å². The molecule has 21 heavy (non-hydrogen) atoms. The van der Waals surface area contributed by atoms with E-state index in [1.165, 1.54) is 12.1 Å². The molecule has 0 radical (unpaired) electrons. The van der Waals surface area contributed by atoms with Gasteiger partial charge >= 0.3 is 6.18 Å². The molecule has 0 unspecified atom stereocenters. The molecule has 0 atom stereocenters. The third-order valence-electron chi connectivity index (χ3n) is 2.16. The fourth-order valence-electron chi connectivity index (χ4n) is 1.29. The van der Waals surface area contributed by atoms with E-state index in [2.05, 4.69) is 10.1 Å². The van der Waals surface area contributed by atoms with E-state index in [0.29, 0.717) is 0 Å². The Morgan fingerprint density at radius 2 is 1.90 bits per heavy atom. The van der Waals surface area contributed by atoms with E-state index in [4.69, 9.17) is 23.2 Å². The largest absolute Gasteiger partial charge is 0.451 e. The van der Waals surface area contributed by atoms with Gasteiger partial charge in [0, 0.05) is 5.02 Å². The summed E-state index contributed by atoms with van der Waals surface area (Å²) >= 11 is 11.4. The number of hydrogen-bond donors (Lipinski definition) is 2. The van der Waals surface area contributed by atoms with Gasteiger partial charge in [-0.3, -0.25) is 5.10 Å². The molecule has 0 aliphatic carbocycles. The Morgan fingerprint density at radius 1 is 1.24 bits per heavy atom. The van der Waals surface area contributed by atoms with Crippen molar-refractivity contribution in [1.29, 1.82) is 0 Å². The Kier molecular flexibility index (Phi) is 4.04. The van der Waals surface area contributed by atoms with Crippen molar-refractivity contribution >= 4 is 39.2 Å². The first-order valence-corrected chi connectivity index (χ1v) is 7.31. The number of nitrogens with one attached hydrogen (secondary N) is 2. The maximum atomic E-state index is 12.3. The fraction of sp³-hybridized carbons (Fsp3) is 0.111. The number of anilines is 1. The third-order valence-corrected chi connectivity index (χ3v) is 4.21. The number of halogens is 5. The number of H-pyrrole nitrogens is 1. The van der Waals surface area contributed by atoms with Crippen molar-refractivity contribution in [2.24, 2.45) is 0 Å². The van der Waals surface area contributed by atoms with Gasteiger partial charge in [0.05, 0.1) is 5.02 Å². The molecule has 1 aromatic heterocycles. The quantitative estimate of drug-likeness (QED) is 0.880. The van der Waals surface area contributed by atoms with E-state index in [-0.39, 0.29) is 10.0 Å². The monoisotopic (exact) mass is 360 g/mol. The van der Waals surface area contributed by atoms with E-state index < -0.39 is 32.9 Å². The molecule has 12 heteroatoms. The molecular weight excluding hydrogens is 356 g/mol. The lowest BCUT2D eigenvalue weighted by atomic mass is 10.4. The molecule has 0 spiro atoms. The zero-order chi connectivity index (χ0) is 15.8. The minimum Gasteiger partial charge on any atom is -0.253 e. The van der Waals surface area contributed by atoms with Crippen LogP contribution in [0.4, 0.5) is 19.1 Å². The van der Waals surface area contributed by atoms with Gasteiger partial charge in [0.25, 0.3) is 16.0 Å². The predicted octanol–water partition coefficient (Wildman–Crippen LogP) is 2.93. The number of nitrogens with zero attached hydrogens (tertiary/aromatic N) is 2. The Morgan fingerprint density at radius 3 is 2.48 bits per heavy atom. The van der Waals surface area contributed by atoms with Crippen LogP contribution in [0.3, 0.4) is 0 Å². The molecule has 2 aromatic rings. The number of aromatic nitrogens is 3. The molecule has 0 amide bonds. The van der Waals surface area contributed by atoms with Crippen molar-refractivity contribution < 1.29 is 21.6 Å². The van der Waals surface area contributed by atoms with Gasteiger partial charge < -0.3 is 0 Å². The van der Waals surface area contributed by atoms with Gasteiger partial charge in [0.1, 0.15) is 4.90 Å². The SMILES string of the molecule is O=S(=O)(Nc1n[nH]c(C(F)(F)F)n1)c1cc(Cl)ccc1Cl. The fourth-order valence-corrected chi connectivity index (χ4v) is 3.00. The molecule has 0 aliphatic rings. The number of hydrogen-bond acceptors (Lipinski definition) is 4.